The summed E-state index contributed by atoms with van der Waals surface area (Å²) >= 11 is 0. The van der Waals surface area contributed by atoms with Gasteiger partial charge in [-0.3, -0.25) is 9.59 Å². The van der Waals surface area contributed by atoms with Crippen LogP contribution in [0.5, 0.6) is 0 Å². The first kappa shape index (κ1) is 14.3. The second-order valence-corrected chi connectivity index (χ2v) is 5.01. The predicted molar refractivity (Wildman–Crippen MR) is 74.1 cm³/mol. The number of primary amides is 1. The van der Waals surface area contributed by atoms with E-state index in [9.17, 15) is 9.59 Å². The SMILES string of the molecule is COC(=O)C1CCC(Nc2ccc(C(N)=O)cn2)CC1. The molecule has 0 atom stereocenters. The zero-order valence-electron chi connectivity index (χ0n) is 11.5. The number of nitrogens with two attached hydrogens (primary N) is 1. The van der Waals surface area contributed by atoms with Crippen LogP contribution in [0.25, 0.3) is 0 Å². The van der Waals surface area contributed by atoms with Gasteiger partial charge < -0.3 is 15.8 Å². The molecule has 0 saturated heterocycles. The maximum absolute atomic E-state index is 11.4. The highest BCUT2D eigenvalue weighted by molar-refractivity contribution is 5.92. The van der Waals surface area contributed by atoms with E-state index < -0.39 is 5.91 Å². The van der Waals surface area contributed by atoms with Crippen molar-refractivity contribution in [2.24, 2.45) is 11.7 Å². The molecule has 1 aliphatic carbocycles. The summed E-state index contributed by atoms with van der Waals surface area (Å²) in [5.74, 6) is 0.134. The monoisotopic (exact) mass is 277 g/mol. The summed E-state index contributed by atoms with van der Waals surface area (Å²) in [4.78, 5) is 26.5. The number of nitrogens with zero attached hydrogens (tertiary/aromatic N) is 1. The number of methoxy groups -OCH3 is 1. The average Bonchev–Trinajstić information content (AvgIpc) is 2.48. The fourth-order valence-electron chi connectivity index (χ4n) is 2.47. The molecule has 1 amide bonds. The van der Waals surface area contributed by atoms with E-state index in [1.165, 1.54) is 13.3 Å². The minimum atomic E-state index is -0.484. The van der Waals surface area contributed by atoms with Crippen LogP contribution in [0.15, 0.2) is 18.3 Å². The van der Waals surface area contributed by atoms with E-state index in [0.717, 1.165) is 31.5 Å². The number of aromatic nitrogens is 1. The second kappa shape index (κ2) is 6.36. The van der Waals surface area contributed by atoms with Gasteiger partial charge in [0.05, 0.1) is 18.6 Å². The van der Waals surface area contributed by atoms with Gasteiger partial charge in [-0.2, -0.15) is 0 Å². The van der Waals surface area contributed by atoms with Crippen molar-refractivity contribution in [3.05, 3.63) is 23.9 Å². The van der Waals surface area contributed by atoms with Crippen LogP contribution in [0.4, 0.5) is 5.82 Å². The number of nitrogens with one attached hydrogen (secondary N) is 1. The van der Waals surface area contributed by atoms with Gasteiger partial charge in [0.25, 0.3) is 0 Å². The van der Waals surface area contributed by atoms with Gasteiger partial charge in [-0.25, -0.2) is 4.98 Å². The van der Waals surface area contributed by atoms with Crippen molar-refractivity contribution in [2.45, 2.75) is 31.7 Å². The summed E-state index contributed by atoms with van der Waals surface area (Å²) in [5.41, 5.74) is 5.56. The Hall–Kier alpha value is -2.11. The third kappa shape index (κ3) is 3.46. The first-order chi connectivity index (χ1) is 9.60. The van der Waals surface area contributed by atoms with Crippen LogP contribution < -0.4 is 11.1 Å². The largest absolute Gasteiger partial charge is 0.469 e. The van der Waals surface area contributed by atoms with Gasteiger partial charge in [0.2, 0.25) is 5.91 Å². The Morgan fingerprint density at radius 3 is 2.50 bits per heavy atom. The first-order valence-electron chi connectivity index (χ1n) is 6.70. The number of carbonyl (C=O) groups is 2. The molecule has 108 valence electrons. The molecule has 1 saturated carbocycles. The Bertz CT molecular complexity index is 479. The average molecular weight is 277 g/mol. The summed E-state index contributed by atoms with van der Waals surface area (Å²) in [7, 11) is 1.43. The summed E-state index contributed by atoms with van der Waals surface area (Å²) < 4.78 is 4.76. The van der Waals surface area contributed by atoms with Crippen LogP contribution in [0.1, 0.15) is 36.0 Å². The standard InChI is InChI=1S/C14H19N3O3/c1-20-14(19)9-2-5-11(6-3-9)17-12-7-4-10(8-16-12)13(15)18/h4,7-9,11H,2-3,5-6H2,1H3,(H2,15,18)(H,16,17). The van der Waals surface area contributed by atoms with Crippen LogP contribution in [0, 0.1) is 5.92 Å². The molecule has 0 bridgehead atoms. The van der Waals surface area contributed by atoms with E-state index in [2.05, 4.69) is 10.3 Å². The molecule has 1 heterocycles. The molecular formula is C14H19N3O3. The molecule has 0 unspecified atom stereocenters. The minimum Gasteiger partial charge on any atom is -0.469 e. The van der Waals surface area contributed by atoms with Gasteiger partial charge in [-0.1, -0.05) is 0 Å². The predicted octanol–water partition coefficient (Wildman–Crippen LogP) is 1.32. The number of hydrogen-bond donors (Lipinski definition) is 2. The third-order valence-electron chi connectivity index (χ3n) is 3.66. The molecule has 1 aromatic rings. The summed E-state index contributed by atoms with van der Waals surface area (Å²) in [6.07, 6.45) is 4.91. The molecule has 0 spiro atoms. The number of amides is 1. The van der Waals surface area contributed by atoms with Crippen molar-refractivity contribution < 1.29 is 14.3 Å². The molecule has 1 aliphatic rings. The van der Waals surface area contributed by atoms with E-state index in [1.807, 2.05) is 0 Å². The van der Waals surface area contributed by atoms with Crippen molar-refractivity contribution >= 4 is 17.7 Å². The van der Waals surface area contributed by atoms with Crippen LogP contribution in [-0.4, -0.2) is 30.0 Å². The van der Waals surface area contributed by atoms with E-state index in [-0.39, 0.29) is 11.9 Å². The van der Waals surface area contributed by atoms with Crippen molar-refractivity contribution in [2.75, 3.05) is 12.4 Å². The van der Waals surface area contributed by atoms with Crippen LogP contribution in [-0.2, 0) is 9.53 Å². The van der Waals surface area contributed by atoms with E-state index >= 15 is 0 Å². The van der Waals surface area contributed by atoms with Gasteiger partial charge in [0, 0.05) is 12.2 Å². The fraction of sp³-hybridized carbons (Fsp3) is 0.500. The van der Waals surface area contributed by atoms with Crippen molar-refractivity contribution in [1.29, 1.82) is 0 Å². The first-order valence-corrected chi connectivity index (χ1v) is 6.70. The topological polar surface area (TPSA) is 94.3 Å². The van der Waals surface area contributed by atoms with Gasteiger partial charge in [0.1, 0.15) is 5.82 Å². The molecule has 0 aromatic carbocycles. The highest BCUT2D eigenvalue weighted by Gasteiger charge is 2.26. The fourth-order valence-corrected chi connectivity index (χ4v) is 2.47. The van der Waals surface area contributed by atoms with Crippen molar-refractivity contribution in [1.82, 2.24) is 4.98 Å². The molecule has 3 N–H and O–H groups in total. The summed E-state index contributed by atoms with van der Waals surface area (Å²) in [5, 5.41) is 3.31. The third-order valence-corrected chi connectivity index (χ3v) is 3.66. The molecule has 6 nitrogen and oxygen atoms in total. The minimum absolute atomic E-state index is 0.0169. The van der Waals surface area contributed by atoms with Crippen molar-refractivity contribution in [3.63, 3.8) is 0 Å². The number of ether oxygens (including phenoxy) is 1. The molecular weight excluding hydrogens is 258 g/mol. The van der Waals surface area contributed by atoms with Gasteiger partial charge in [-0.05, 0) is 37.8 Å². The Kier molecular flexibility index (Phi) is 4.55. The summed E-state index contributed by atoms with van der Waals surface area (Å²) in [6.45, 7) is 0. The van der Waals surface area contributed by atoms with Gasteiger partial charge in [-0.15, -0.1) is 0 Å². The normalized spacial score (nSPS) is 22.1. The molecule has 6 heteroatoms. The maximum atomic E-state index is 11.4. The zero-order valence-corrected chi connectivity index (χ0v) is 11.5. The number of anilines is 1. The Balaban J connectivity index is 1.86. The van der Waals surface area contributed by atoms with E-state index in [1.54, 1.807) is 12.1 Å². The number of pyridine rings is 1. The van der Waals surface area contributed by atoms with E-state index in [0.29, 0.717) is 11.6 Å². The number of esters is 1. The molecule has 0 radical (unpaired) electrons. The molecule has 1 aromatic heterocycles. The molecule has 2 rings (SSSR count). The molecule has 1 fully saturated rings. The Morgan fingerprint density at radius 2 is 2.00 bits per heavy atom. The lowest BCUT2D eigenvalue weighted by Crippen LogP contribution is -2.30. The van der Waals surface area contributed by atoms with Gasteiger partial charge >= 0.3 is 5.97 Å². The molecule has 20 heavy (non-hydrogen) atoms. The van der Waals surface area contributed by atoms with E-state index in [4.69, 9.17) is 10.5 Å². The number of hydrogen-bond acceptors (Lipinski definition) is 5. The highest BCUT2D eigenvalue weighted by atomic mass is 16.5. The maximum Gasteiger partial charge on any atom is 0.308 e. The number of carbonyl (C=O) groups excluding carboxylic acids is 2. The van der Waals surface area contributed by atoms with Crippen LogP contribution in [0.2, 0.25) is 0 Å². The van der Waals surface area contributed by atoms with Gasteiger partial charge in [0.15, 0.2) is 0 Å². The second-order valence-electron chi connectivity index (χ2n) is 5.01. The zero-order chi connectivity index (χ0) is 14.5. The molecule has 0 aliphatic heterocycles. The quantitative estimate of drug-likeness (QED) is 0.809. The lowest BCUT2D eigenvalue weighted by molar-refractivity contribution is -0.146. The lowest BCUT2D eigenvalue weighted by atomic mass is 9.86. The van der Waals surface area contributed by atoms with Crippen LogP contribution in [0.3, 0.4) is 0 Å². The Labute approximate surface area is 117 Å². The summed E-state index contributed by atoms with van der Waals surface area (Å²) in [6, 6.07) is 3.69. The lowest BCUT2D eigenvalue weighted by Gasteiger charge is -2.27. The number of rotatable bonds is 4. The smallest absolute Gasteiger partial charge is 0.308 e. The van der Waals surface area contributed by atoms with Crippen molar-refractivity contribution in [3.8, 4) is 0 Å². The van der Waals surface area contributed by atoms with Crippen LogP contribution >= 0.6 is 0 Å². The Morgan fingerprint density at radius 1 is 1.30 bits per heavy atom. The highest BCUT2D eigenvalue weighted by Crippen LogP contribution is 2.27.